The number of nitrogens with zero attached hydrogens (tertiary/aromatic N) is 2. The third-order valence-corrected chi connectivity index (χ3v) is 4.14. The lowest BCUT2D eigenvalue weighted by atomic mass is 10.1. The van der Waals surface area contributed by atoms with Crippen LogP contribution in [-0.4, -0.2) is 30.8 Å². The maximum atomic E-state index is 14.3. The molecule has 0 aliphatic rings. The van der Waals surface area contributed by atoms with Gasteiger partial charge in [0.2, 0.25) is 5.90 Å². The number of nitrogens with two attached hydrogens (primary N) is 1. The fraction of sp³-hybridized carbons (Fsp3) is 0.190. The normalized spacial score (nSPS) is 11.9. The predicted octanol–water partition coefficient (Wildman–Crippen LogP) is 4.92. The van der Waals surface area contributed by atoms with Gasteiger partial charge in [-0.2, -0.15) is 0 Å². The fourth-order valence-electron chi connectivity index (χ4n) is 2.50. The maximum absolute atomic E-state index is 14.3. The second-order valence-electron chi connectivity index (χ2n) is 6.01. The van der Waals surface area contributed by atoms with E-state index in [1.54, 1.807) is 19.2 Å². The van der Waals surface area contributed by atoms with Gasteiger partial charge >= 0.3 is 0 Å². The van der Waals surface area contributed by atoms with Gasteiger partial charge in [-0.05, 0) is 42.3 Å². The van der Waals surface area contributed by atoms with Crippen LogP contribution in [0.5, 0.6) is 0 Å². The summed E-state index contributed by atoms with van der Waals surface area (Å²) in [5.41, 5.74) is 7.85. The Kier molecular flexibility index (Phi) is 7.91. The third kappa shape index (κ3) is 5.65. The Hall–Kier alpha value is -3.19. The number of aromatic nitrogens is 1. The van der Waals surface area contributed by atoms with Gasteiger partial charge < -0.3 is 21.2 Å². The van der Waals surface area contributed by atoms with Crippen LogP contribution in [0.15, 0.2) is 53.8 Å². The Morgan fingerprint density at radius 2 is 2.21 bits per heavy atom. The lowest BCUT2D eigenvalue weighted by molar-refractivity contribution is 0.304. The monoisotopic (exact) mass is 415 g/mol. The number of rotatable bonds is 8. The molecule has 0 atom stereocenters. The molecule has 0 fully saturated rings. The van der Waals surface area contributed by atoms with Crippen LogP contribution < -0.4 is 11.1 Å². The molecule has 0 bridgehead atoms. The number of halogens is 2. The Labute approximate surface area is 174 Å². The van der Waals surface area contributed by atoms with Crippen LogP contribution in [-0.2, 0) is 4.74 Å². The first-order valence-electron chi connectivity index (χ1n) is 8.89. The molecule has 0 amide bonds. The van der Waals surface area contributed by atoms with Crippen molar-refractivity contribution in [2.45, 2.75) is 13.3 Å². The Morgan fingerprint density at radius 1 is 1.45 bits per heavy atom. The minimum Gasteiger partial charge on any atom is -0.476 e. The minimum absolute atomic E-state index is 0.202. The van der Waals surface area contributed by atoms with E-state index in [-0.39, 0.29) is 11.4 Å². The van der Waals surface area contributed by atoms with Crippen LogP contribution in [0.3, 0.4) is 0 Å². The smallest absolute Gasteiger partial charge is 0.232 e. The van der Waals surface area contributed by atoms with Crippen molar-refractivity contribution in [3.63, 3.8) is 0 Å². The molecule has 1 heterocycles. The number of anilines is 2. The van der Waals surface area contributed by atoms with Crippen molar-refractivity contribution < 1.29 is 9.13 Å². The van der Waals surface area contributed by atoms with Gasteiger partial charge in [-0.25, -0.2) is 9.37 Å². The van der Waals surface area contributed by atoms with Gasteiger partial charge in [-0.3, -0.25) is 4.99 Å². The quantitative estimate of drug-likeness (QED) is 0.324. The average Bonchev–Trinajstić information content (AvgIpc) is 2.70. The van der Waals surface area contributed by atoms with E-state index in [2.05, 4.69) is 21.9 Å². The molecule has 0 aliphatic heterocycles. The van der Waals surface area contributed by atoms with E-state index in [0.717, 1.165) is 12.6 Å². The van der Waals surface area contributed by atoms with E-state index in [0.29, 0.717) is 40.0 Å². The highest BCUT2D eigenvalue weighted by atomic mass is 35.5. The SMILES string of the molecule is C=C(/C=C(/Nc1ccnc(N)c1C=N)C(=NC)OCCC)c1cc(Cl)ccc1F. The van der Waals surface area contributed by atoms with E-state index in [1.165, 1.54) is 24.4 Å². The third-order valence-electron chi connectivity index (χ3n) is 3.90. The molecule has 152 valence electrons. The van der Waals surface area contributed by atoms with Crippen LogP contribution >= 0.6 is 11.6 Å². The van der Waals surface area contributed by atoms with Crippen LogP contribution in [0, 0.1) is 11.2 Å². The van der Waals surface area contributed by atoms with Crippen molar-refractivity contribution in [1.82, 2.24) is 4.98 Å². The van der Waals surface area contributed by atoms with Gasteiger partial charge in [-0.15, -0.1) is 0 Å². The molecule has 0 spiro atoms. The number of ether oxygens (including phenoxy) is 1. The van der Waals surface area contributed by atoms with Crippen molar-refractivity contribution in [1.29, 1.82) is 5.41 Å². The lowest BCUT2D eigenvalue weighted by Gasteiger charge is -2.17. The molecule has 8 heteroatoms. The number of aliphatic imine (C=N–C) groups is 1. The van der Waals surface area contributed by atoms with Crippen LogP contribution in [0.1, 0.15) is 24.5 Å². The number of pyridine rings is 1. The first-order valence-corrected chi connectivity index (χ1v) is 9.27. The summed E-state index contributed by atoms with van der Waals surface area (Å²) in [6.45, 7) is 6.38. The Balaban J connectivity index is 2.51. The molecular formula is C21H23ClFN5O. The largest absolute Gasteiger partial charge is 0.476 e. The summed E-state index contributed by atoms with van der Waals surface area (Å²) in [6.07, 6.45) is 5.01. The average molecular weight is 416 g/mol. The zero-order valence-electron chi connectivity index (χ0n) is 16.3. The number of nitrogen functional groups attached to an aromatic ring is 1. The molecule has 2 aromatic rings. The summed E-state index contributed by atoms with van der Waals surface area (Å²) in [5, 5.41) is 11.2. The molecule has 2 rings (SSSR count). The van der Waals surface area contributed by atoms with E-state index in [4.69, 9.17) is 27.5 Å². The van der Waals surface area contributed by atoms with Gasteiger partial charge in [0, 0.05) is 30.0 Å². The summed E-state index contributed by atoms with van der Waals surface area (Å²) in [5.74, 6) is 0.0584. The number of hydrogen-bond donors (Lipinski definition) is 3. The second kappa shape index (κ2) is 10.4. The molecule has 29 heavy (non-hydrogen) atoms. The summed E-state index contributed by atoms with van der Waals surface area (Å²) in [6, 6.07) is 5.91. The first kappa shape index (κ1) is 22.1. The molecular weight excluding hydrogens is 393 g/mol. The van der Waals surface area contributed by atoms with E-state index < -0.39 is 5.82 Å². The highest BCUT2D eigenvalue weighted by Crippen LogP contribution is 2.25. The van der Waals surface area contributed by atoms with Crippen molar-refractivity contribution in [2.75, 3.05) is 24.7 Å². The van der Waals surface area contributed by atoms with Crippen LogP contribution in [0.2, 0.25) is 5.02 Å². The second-order valence-corrected chi connectivity index (χ2v) is 6.45. The predicted molar refractivity (Wildman–Crippen MR) is 118 cm³/mol. The summed E-state index contributed by atoms with van der Waals surface area (Å²) >= 11 is 6.00. The molecule has 4 N–H and O–H groups in total. The zero-order chi connectivity index (χ0) is 21.4. The molecule has 0 unspecified atom stereocenters. The van der Waals surface area contributed by atoms with E-state index >= 15 is 0 Å². The van der Waals surface area contributed by atoms with Gasteiger partial charge in [-0.1, -0.05) is 25.1 Å². The van der Waals surface area contributed by atoms with Gasteiger partial charge in [0.1, 0.15) is 17.3 Å². The standard InChI is InChI=1S/C21H23ClFN5O/c1-4-9-29-21(26-3)19(28-18-7-8-27-20(25)16(18)12-24)10-13(2)15-11-14(22)5-6-17(15)23/h5-8,10-12,24H,2,4,9H2,1,3H3,(H3,25,27,28)/b19-10+,24-12?,26-21?. The first-order chi connectivity index (χ1) is 13.9. The van der Waals surface area contributed by atoms with E-state index in [9.17, 15) is 4.39 Å². The van der Waals surface area contributed by atoms with Crippen molar-refractivity contribution in [2.24, 2.45) is 4.99 Å². The summed E-state index contributed by atoms with van der Waals surface area (Å²) in [4.78, 5) is 8.17. The van der Waals surface area contributed by atoms with Crippen molar-refractivity contribution in [3.8, 4) is 0 Å². The zero-order valence-corrected chi connectivity index (χ0v) is 17.1. The van der Waals surface area contributed by atoms with Crippen molar-refractivity contribution >= 4 is 40.8 Å². The molecule has 0 saturated carbocycles. The number of nitrogens with one attached hydrogen (secondary N) is 2. The Morgan fingerprint density at radius 3 is 2.86 bits per heavy atom. The maximum Gasteiger partial charge on any atom is 0.232 e. The molecule has 0 saturated heterocycles. The van der Waals surface area contributed by atoms with Crippen molar-refractivity contribution in [3.05, 3.63) is 70.8 Å². The van der Waals surface area contributed by atoms with E-state index in [1.807, 2.05) is 6.92 Å². The van der Waals surface area contributed by atoms with Gasteiger partial charge in [0.25, 0.3) is 0 Å². The number of benzene rings is 1. The van der Waals surface area contributed by atoms with Crippen LogP contribution in [0.4, 0.5) is 15.9 Å². The Bertz CT molecular complexity index is 972. The number of allylic oxidation sites excluding steroid dienone is 2. The molecule has 0 aliphatic carbocycles. The molecule has 1 aromatic heterocycles. The van der Waals surface area contributed by atoms with Gasteiger partial charge in [0.05, 0.1) is 17.9 Å². The lowest BCUT2D eigenvalue weighted by Crippen LogP contribution is -2.17. The topological polar surface area (TPSA) is 96.4 Å². The summed E-state index contributed by atoms with van der Waals surface area (Å²) in [7, 11) is 1.58. The van der Waals surface area contributed by atoms with Crippen LogP contribution in [0.25, 0.3) is 5.57 Å². The molecule has 0 radical (unpaired) electrons. The fourth-order valence-corrected chi connectivity index (χ4v) is 2.68. The minimum atomic E-state index is -0.451. The van der Waals surface area contributed by atoms with Gasteiger partial charge in [0.15, 0.2) is 0 Å². The highest BCUT2D eigenvalue weighted by Gasteiger charge is 2.14. The molecule has 6 nitrogen and oxygen atoms in total. The highest BCUT2D eigenvalue weighted by molar-refractivity contribution is 6.30. The summed E-state index contributed by atoms with van der Waals surface area (Å²) < 4.78 is 20.0. The number of hydrogen-bond acceptors (Lipinski definition) is 6. The molecule has 1 aromatic carbocycles.